The molecule has 1 heterocycles. The number of hydrogen-bond donors (Lipinski definition) is 2. The minimum Gasteiger partial charge on any atom is -0.484 e. The summed E-state index contributed by atoms with van der Waals surface area (Å²) < 4.78 is 5.48. The van der Waals surface area contributed by atoms with E-state index in [4.69, 9.17) is 10.5 Å². The Kier molecular flexibility index (Phi) is 7.25. The van der Waals surface area contributed by atoms with E-state index in [9.17, 15) is 9.59 Å². The maximum absolute atomic E-state index is 12.2. The van der Waals surface area contributed by atoms with Crippen LogP contribution < -0.4 is 15.8 Å². The van der Waals surface area contributed by atoms with Crippen LogP contribution in [-0.2, 0) is 17.9 Å². The number of amides is 2. The highest BCUT2D eigenvalue weighted by Crippen LogP contribution is 2.19. The molecule has 0 bridgehead atoms. The minimum atomic E-state index is -0.494. The number of piperidine rings is 1. The summed E-state index contributed by atoms with van der Waals surface area (Å²) in [6.45, 7) is 5.87. The van der Waals surface area contributed by atoms with Gasteiger partial charge in [-0.2, -0.15) is 0 Å². The highest BCUT2D eigenvalue weighted by molar-refractivity contribution is 5.92. The van der Waals surface area contributed by atoms with Gasteiger partial charge < -0.3 is 15.8 Å². The van der Waals surface area contributed by atoms with Gasteiger partial charge in [-0.1, -0.05) is 31.2 Å². The van der Waals surface area contributed by atoms with Crippen molar-refractivity contribution in [3.05, 3.63) is 65.2 Å². The molecule has 2 amide bonds. The molecule has 1 fully saturated rings. The molecule has 3 N–H and O–H groups in total. The van der Waals surface area contributed by atoms with Gasteiger partial charge in [0.15, 0.2) is 6.61 Å². The Hall–Kier alpha value is -2.86. The van der Waals surface area contributed by atoms with Crippen LogP contribution in [0.3, 0.4) is 0 Å². The topological polar surface area (TPSA) is 84.7 Å². The van der Waals surface area contributed by atoms with Crippen LogP contribution in [0.1, 0.15) is 41.3 Å². The average molecular weight is 396 g/mol. The van der Waals surface area contributed by atoms with E-state index in [1.54, 1.807) is 24.3 Å². The number of benzene rings is 2. The van der Waals surface area contributed by atoms with Gasteiger partial charge in [-0.15, -0.1) is 0 Å². The van der Waals surface area contributed by atoms with Gasteiger partial charge in [-0.05, 0) is 60.7 Å². The fourth-order valence-electron chi connectivity index (χ4n) is 3.66. The molecule has 2 aromatic carbocycles. The summed E-state index contributed by atoms with van der Waals surface area (Å²) in [4.78, 5) is 25.8. The van der Waals surface area contributed by atoms with E-state index in [-0.39, 0.29) is 12.5 Å². The maximum Gasteiger partial charge on any atom is 0.258 e. The molecule has 1 aliphatic heterocycles. The molecule has 3 rings (SSSR count). The number of nitrogens with zero attached hydrogens (tertiary/aromatic N) is 1. The molecule has 0 unspecified atom stereocenters. The van der Waals surface area contributed by atoms with Crippen LogP contribution in [0.25, 0.3) is 0 Å². The van der Waals surface area contributed by atoms with E-state index in [1.807, 2.05) is 12.1 Å². The second-order valence-corrected chi connectivity index (χ2v) is 7.71. The largest absolute Gasteiger partial charge is 0.484 e. The fourth-order valence-corrected chi connectivity index (χ4v) is 3.66. The lowest BCUT2D eigenvalue weighted by Crippen LogP contribution is -2.34. The summed E-state index contributed by atoms with van der Waals surface area (Å²) in [5, 5.41) is 2.93. The molecule has 1 aliphatic rings. The smallest absolute Gasteiger partial charge is 0.258 e. The number of likely N-dealkylation sites (tertiary alicyclic amines) is 1. The number of carbonyl (C=O) groups is 2. The quantitative estimate of drug-likeness (QED) is 0.720. The molecular weight excluding hydrogens is 366 g/mol. The Morgan fingerprint density at radius 2 is 1.86 bits per heavy atom. The van der Waals surface area contributed by atoms with Crippen LogP contribution in [-0.4, -0.2) is 36.4 Å². The lowest BCUT2D eigenvalue weighted by Gasteiger charge is -2.31. The minimum absolute atomic E-state index is 0.0816. The second kappa shape index (κ2) is 10.1. The molecule has 154 valence electrons. The molecule has 6 nitrogen and oxygen atoms in total. The van der Waals surface area contributed by atoms with Crippen LogP contribution in [0.2, 0.25) is 0 Å². The van der Waals surface area contributed by atoms with Gasteiger partial charge in [0.05, 0.1) is 0 Å². The molecule has 0 aromatic heterocycles. The Balaban J connectivity index is 1.49. The number of carbonyl (C=O) groups excluding carboxylic acids is 2. The van der Waals surface area contributed by atoms with Crippen molar-refractivity contribution in [1.29, 1.82) is 0 Å². The van der Waals surface area contributed by atoms with Crippen LogP contribution in [0.5, 0.6) is 5.75 Å². The van der Waals surface area contributed by atoms with E-state index in [0.29, 0.717) is 17.9 Å². The third kappa shape index (κ3) is 6.32. The van der Waals surface area contributed by atoms with Crippen molar-refractivity contribution in [1.82, 2.24) is 10.2 Å². The lowest BCUT2D eigenvalue weighted by molar-refractivity contribution is -0.123. The van der Waals surface area contributed by atoms with Gasteiger partial charge in [0.25, 0.3) is 5.91 Å². The van der Waals surface area contributed by atoms with Gasteiger partial charge in [0.1, 0.15) is 5.75 Å². The van der Waals surface area contributed by atoms with Crippen LogP contribution in [0.4, 0.5) is 0 Å². The zero-order chi connectivity index (χ0) is 20.6. The summed E-state index contributed by atoms with van der Waals surface area (Å²) in [7, 11) is 0. The summed E-state index contributed by atoms with van der Waals surface area (Å²) >= 11 is 0. The van der Waals surface area contributed by atoms with Crippen molar-refractivity contribution in [3.8, 4) is 5.75 Å². The van der Waals surface area contributed by atoms with E-state index in [1.165, 1.54) is 18.4 Å². The van der Waals surface area contributed by atoms with E-state index < -0.39 is 5.91 Å². The van der Waals surface area contributed by atoms with Gasteiger partial charge in [-0.25, -0.2) is 0 Å². The van der Waals surface area contributed by atoms with E-state index >= 15 is 0 Å². The van der Waals surface area contributed by atoms with Gasteiger partial charge in [0, 0.05) is 25.2 Å². The van der Waals surface area contributed by atoms with Crippen LogP contribution in [0, 0.1) is 5.92 Å². The normalized spacial score (nSPS) is 16.9. The first-order valence-electron chi connectivity index (χ1n) is 10.1. The molecule has 1 saturated heterocycles. The summed E-state index contributed by atoms with van der Waals surface area (Å²) in [6, 6.07) is 14.7. The third-order valence-corrected chi connectivity index (χ3v) is 5.24. The van der Waals surface area contributed by atoms with E-state index in [2.05, 4.69) is 29.3 Å². The molecule has 29 heavy (non-hydrogen) atoms. The molecule has 0 saturated carbocycles. The summed E-state index contributed by atoms with van der Waals surface area (Å²) in [5.74, 6) is 0.576. The lowest BCUT2D eigenvalue weighted by atomic mass is 9.99. The fraction of sp³-hybridized carbons (Fsp3) is 0.391. The number of primary amides is 1. The van der Waals surface area contributed by atoms with Crippen molar-refractivity contribution in [3.63, 3.8) is 0 Å². The van der Waals surface area contributed by atoms with Gasteiger partial charge in [0.2, 0.25) is 5.91 Å². The number of nitrogens with one attached hydrogen (secondary N) is 1. The van der Waals surface area contributed by atoms with E-state index in [0.717, 1.165) is 31.1 Å². The zero-order valence-electron chi connectivity index (χ0n) is 16.9. The molecule has 0 spiro atoms. The third-order valence-electron chi connectivity index (χ3n) is 5.24. The van der Waals surface area contributed by atoms with Crippen molar-refractivity contribution < 1.29 is 14.3 Å². The Morgan fingerprint density at radius 1 is 1.14 bits per heavy atom. The van der Waals surface area contributed by atoms with Gasteiger partial charge in [-0.3, -0.25) is 14.5 Å². The van der Waals surface area contributed by atoms with Crippen molar-refractivity contribution >= 4 is 11.8 Å². The number of ether oxygens (including phenoxy) is 1. The molecular formula is C23H29N3O3. The predicted octanol–water partition coefficient (Wildman–Crippen LogP) is 2.71. The Morgan fingerprint density at radius 3 is 2.55 bits per heavy atom. The highest BCUT2D eigenvalue weighted by Gasteiger charge is 2.17. The van der Waals surface area contributed by atoms with Crippen molar-refractivity contribution in [2.45, 2.75) is 32.9 Å². The number of hydrogen-bond acceptors (Lipinski definition) is 4. The monoisotopic (exact) mass is 395 g/mol. The first-order valence-corrected chi connectivity index (χ1v) is 10.1. The summed E-state index contributed by atoms with van der Waals surface area (Å²) in [6.07, 6.45) is 2.55. The van der Waals surface area contributed by atoms with Crippen molar-refractivity contribution in [2.75, 3.05) is 19.7 Å². The number of nitrogens with two attached hydrogens (primary N) is 1. The van der Waals surface area contributed by atoms with Gasteiger partial charge >= 0.3 is 0 Å². The maximum atomic E-state index is 12.2. The molecule has 6 heteroatoms. The second-order valence-electron chi connectivity index (χ2n) is 7.71. The highest BCUT2D eigenvalue weighted by atomic mass is 16.5. The standard InChI is InChI=1S/C23H29N3O3/c1-17-5-4-12-26(14-17)15-20-7-3-2-6-19(20)13-25-22(27)16-29-21-10-8-18(9-11-21)23(24)28/h2-3,6-11,17H,4-5,12-16H2,1H3,(H2,24,28)(H,25,27)/t17-/m0/s1. The Bertz CT molecular complexity index is 836. The predicted molar refractivity (Wildman–Crippen MR) is 112 cm³/mol. The first kappa shape index (κ1) is 20.9. The zero-order valence-corrected chi connectivity index (χ0v) is 16.9. The molecule has 1 atom stereocenters. The van der Waals surface area contributed by atoms with Crippen molar-refractivity contribution in [2.24, 2.45) is 11.7 Å². The SMILES string of the molecule is C[C@H]1CCCN(Cc2ccccc2CNC(=O)COc2ccc(C(N)=O)cc2)C1. The first-order chi connectivity index (χ1) is 14.0. The number of rotatable bonds is 8. The van der Waals surface area contributed by atoms with Crippen LogP contribution >= 0.6 is 0 Å². The average Bonchev–Trinajstić information content (AvgIpc) is 2.72. The molecule has 0 radical (unpaired) electrons. The Labute approximate surface area is 172 Å². The summed E-state index contributed by atoms with van der Waals surface area (Å²) in [5.41, 5.74) is 8.00. The van der Waals surface area contributed by atoms with Crippen LogP contribution in [0.15, 0.2) is 48.5 Å². The molecule has 0 aliphatic carbocycles. The molecule has 2 aromatic rings.